The number of hydrogen-bond acceptors (Lipinski definition) is 5. The van der Waals surface area contributed by atoms with Crippen molar-refractivity contribution in [3.63, 3.8) is 0 Å². The molecule has 0 radical (unpaired) electrons. The van der Waals surface area contributed by atoms with Crippen LogP contribution in [-0.2, 0) is 0 Å². The largest absolute Gasteiger partial charge is 0.586 e. The molecule has 5 nitrogen and oxygen atoms in total. The molecule has 0 amide bonds. The Balaban J connectivity index is 2.03. The van der Waals surface area contributed by atoms with Gasteiger partial charge in [0.15, 0.2) is 11.5 Å². The second-order valence-corrected chi connectivity index (χ2v) is 3.07. The van der Waals surface area contributed by atoms with Crippen molar-refractivity contribution < 1.29 is 22.7 Å². The third-order valence-corrected chi connectivity index (χ3v) is 2.01. The minimum Gasteiger partial charge on any atom is -0.423 e. The van der Waals surface area contributed by atoms with Crippen LogP contribution in [0.2, 0.25) is 0 Å². The third kappa shape index (κ3) is 1.37. The predicted molar refractivity (Wildman–Crippen MR) is 45.9 cm³/mol. The van der Waals surface area contributed by atoms with Crippen LogP contribution in [0.25, 0.3) is 11.5 Å². The van der Waals surface area contributed by atoms with Gasteiger partial charge < -0.3 is 13.9 Å². The molecule has 1 aliphatic heterocycles. The van der Waals surface area contributed by atoms with Crippen LogP contribution in [0.1, 0.15) is 0 Å². The van der Waals surface area contributed by atoms with Gasteiger partial charge in [-0.1, -0.05) is 0 Å². The summed E-state index contributed by atoms with van der Waals surface area (Å²) in [5.74, 6) is 0.149. The first-order valence-electron chi connectivity index (χ1n) is 4.30. The summed E-state index contributed by atoms with van der Waals surface area (Å²) in [6.07, 6.45) is -2.47. The number of aromatic nitrogens is 2. The van der Waals surface area contributed by atoms with E-state index in [1.54, 1.807) is 0 Å². The third-order valence-electron chi connectivity index (χ3n) is 2.01. The summed E-state index contributed by atoms with van der Waals surface area (Å²) < 4.78 is 38.9. The molecule has 82 valence electrons. The number of halogens is 2. The normalized spacial score (nSPS) is 16.4. The summed E-state index contributed by atoms with van der Waals surface area (Å²) in [6.45, 7) is 0. The van der Waals surface area contributed by atoms with Crippen LogP contribution in [0.4, 0.5) is 8.78 Å². The number of alkyl halides is 2. The summed E-state index contributed by atoms with van der Waals surface area (Å²) in [5, 5.41) is 7.13. The van der Waals surface area contributed by atoms with E-state index in [2.05, 4.69) is 19.7 Å². The van der Waals surface area contributed by atoms with Gasteiger partial charge in [-0.25, -0.2) is 0 Å². The lowest BCUT2D eigenvalue weighted by Crippen LogP contribution is -2.25. The fourth-order valence-corrected chi connectivity index (χ4v) is 1.38. The highest BCUT2D eigenvalue weighted by Crippen LogP contribution is 2.42. The number of benzene rings is 1. The van der Waals surface area contributed by atoms with Gasteiger partial charge in [0.25, 0.3) is 0 Å². The maximum atomic E-state index is 12.7. The molecule has 2 aromatic rings. The summed E-state index contributed by atoms with van der Waals surface area (Å²) in [4.78, 5) is 0. The van der Waals surface area contributed by atoms with Crippen molar-refractivity contribution in [2.75, 3.05) is 0 Å². The minimum absolute atomic E-state index is 0.0201. The topological polar surface area (TPSA) is 57.4 Å². The van der Waals surface area contributed by atoms with E-state index < -0.39 is 6.29 Å². The SMILES string of the molecule is FC1(F)Oc2ccc(-c3nnco3)cc2O1. The van der Waals surface area contributed by atoms with Crippen LogP contribution in [0.3, 0.4) is 0 Å². The maximum Gasteiger partial charge on any atom is 0.586 e. The smallest absolute Gasteiger partial charge is 0.423 e. The standard InChI is InChI=1S/C9H4F2N2O3/c10-9(11)15-6-2-1-5(3-7(6)16-9)8-13-12-4-14-8/h1-4H. The van der Waals surface area contributed by atoms with Gasteiger partial charge in [-0.3, -0.25) is 0 Å². The highest BCUT2D eigenvalue weighted by atomic mass is 19.3. The molecule has 0 atom stereocenters. The number of nitrogens with zero attached hydrogens (tertiary/aromatic N) is 2. The Hall–Kier alpha value is -2.18. The zero-order valence-corrected chi connectivity index (χ0v) is 7.68. The summed E-state index contributed by atoms with van der Waals surface area (Å²) in [7, 11) is 0. The molecule has 0 unspecified atom stereocenters. The zero-order valence-electron chi connectivity index (χ0n) is 7.68. The van der Waals surface area contributed by atoms with E-state index in [1.807, 2.05) is 0 Å². The summed E-state index contributed by atoms with van der Waals surface area (Å²) >= 11 is 0. The van der Waals surface area contributed by atoms with Crippen molar-refractivity contribution in [2.45, 2.75) is 6.29 Å². The average Bonchev–Trinajstić information content (AvgIpc) is 2.80. The lowest BCUT2D eigenvalue weighted by molar-refractivity contribution is -0.286. The Morgan fingerprint density at radius 3 is 2.69 bits per heavy atom. The Morgan fingerprint density at radius 2 is 1.94 bits per heavy atom. The number of hydrogen-bond donors (Lipinski definition) is 0. The van der Waals surface area contributed by atoms with Crippen molar-refractivity contribution in [3.8, 4) is 23.0 Å². The van der Waals surface area contributed by atoms with Crippen LogP contribution in [-0.4, -0.2) is 16.5 Å². The predicted octanol–water partition coefficient (Wildman–Crippen LogP) is 2.06. The molecular formula is C9H4F2N2O3. The van der Waals surface area contributed by atoms with E-state index in [0.29, 0.717) is 5.56 Å². The Labute approximate surface area is 87.6 Å². The first-order chi connectivity index (χ1) is 7.64. The van der Waals surface area contributed by atoms with Gasteiger partial charge in [-0.15, -0.1) is 19.0 Å². The fourth-order valence-electron chi connectivity index (χ4n) is 1.38. The van der Waals surface area contributed by atoms with E-state index >= 15 is 0 Å². The van der Waals surface area contributed by atoms with Crippen LogP contribution in [0.15, 0.2) is 29.0 Å². The second kappa shape index (κ2) is 2.91. The van der Waals surface area contributed by atoms with Crippen LogP contribution < -0.4 is 9.47 Å². The van der Waals surface area contributed by atoms with Crippen LogP contribution in [0, 0.1) is 0 Å². The molecule has 0 saturated carbocycles. The average molecular weight is 226 g/mol. The maximum absolute atomic E-state index is 12.7. The molecule has 16 heavy (non-hydrogen) atoms. The molecule has 0 fully saturated rings. The van der Waals surface area contributed by atoms with E-state index in [4.69, 9.17) is 4.42 Å². The number of rotatable bonds is 1. The lowest BCUT2D eigenvalue weighted by atomic mass is 10.2. The van der Waals surface area contributed by atoms with E-state index in [9.17, 15) is 8.78 Å². The van der Waals surface area contributed by atoms with Gasteiger partial charge in [0.05, 0.1) is 0 Å². The summed E-state index contributed by atoms with van der Waals surface area (Å²) in [6, 6.07) is 4.23. The molecule has 0 N–H and O–H groups in total. The van der Waals surface area contributed by atoms with Crippen LogP contribution >= 0.6 is 0 Å². The molecule has 0 spiro atoms. The first kappa shape index (κ1) is 9.08. The van der Waals surface area contributed by atoms with E-state index in [0.717, 1.165) is 6.39 Å². The monoisotopic (exact) mass is 226 g/mol. The van der Waals surface area contributed by atoms with Crippen LogP contribution in [0.5, 0.6) is 11.5 Å². The van der Waals surface area contributed by atoms with E-state index in [-0.39, 0.29) is 17.4 Å². The van der Waals surface area contributed by atoms with Crippen molar-refractivity contribution >= 4 is 0 Å². The van der Waals surface area contributed by atoms with Gasteiger partial charge in [-0.05, 0) is 18.2 Å². The van der Waals surface area contributed by atoms with Crippen molar-refractivity contribution in [3.05, 3.63) is 24.6 Å². The molecular weight excluding hydrogens is 222 g/mol. The highest BCUT2D eigenvalue weighted by molar-refractivity contribution is 5.60. The Morgan fingerprint density at radius 1 is 1.12 bits per heavy atom. The van der Waals surface area contributed by atoms with Gasteiger partial charge in [0.2, 0.25) is 12.3 Å². The summed E-state index contributed by atoms with van der Waals surface area (Å²) in [5.41, 5.74) is 0.484. The van der Waals surface area contributed by atoms with Crippen molar-refractivity contribution in [1.82, 2.24) is 10.2 Å². The minimum atomic E-state index is -3.62. The van der Waals surface area contributed by atoms with Gasteiger partial charge >= 0.3 is 6.29 Å². The molecule has 0 bridgehead atoms. The van der Waals surface area contributed by atoms with Gasteiger partial charge in [0, 0.05) is 5.56 Å². The fraction of sp³-hybridized carbons (Fsp3) is 0.111. The second-order valence-electron chi connectivity index (χ2n) is 3.07. The molecule has 0 saturated heterocycles. The van der Waals surface area contributed by atoms with Gasteiger partial charge in [0.1, 0.15) is 0 Å². The number of ether oxygens (including phenoxy) is 2. The van der Waals surface area contributed by atoms with Crippen molar-refractivity contribution in [2.24, 2.45) is 0 Å². The lowest BCUT2D eigenvalue weighted by Gasteiger charge is -2.04. The molecule has 1 aromatic heterocycles. The molecule has 7 heteroatoms. The molecule has 1 aliphatic rings. The van der Waals surface area contributed by atoms with E-state index in [1.165, 1.54) is 18.2 Å². The van der Waals surface area contributed by atoms with Gasteiger partial charge in [-0.2, -0.15) is 0 Å². The Kier molecular flexibility index (Phi) is 1.65. The number of fused-ring (bicyclic) bond motifs is 1. The Bertz CT molecular complexity index is 528. The molecule has 3 rings (SSSR count). The molecule has 2 heterocycles. The quantitative estimate of drug-likeness (QED) is 0.744. The van der Waals surface area contributed by atoms with Crippen molar-refractivity contribution in [1.29, 1.82) is 0 Å². The first-order valence-corrected chi connectivity index (χ1v) is 4.30. The molecule has 1 aromatic carbocycles. The highest BCUT2D eigenvalue weighted by Gasteiger charge is 2.43. The zero-order chi connectivity index (χ0) is 11.2. The molecule has 0 aliphatic carbocycles.